The first-order valence-electron chi connectivity index (χ1n) is 7.22. The van der Waals surface area contributed by atoms with Crippen LogP contribution in [-0.2, 0) is 4.79 Å². The van der Waals surface area contributed by atoms with Gasteiger partial charge in [0.05, 0.1) is 0 Å². The van der Waals surface area contributed by atoms with Crippen LogP contribution in [0, 0.1) is 11.8 Å². The van der Waals surface area contributed by atoms with Crippen LogP contribution in [-0.4, -0.2) is 25.5 Å². The van der Waals surface area contributed by atoms with Gasteiger partial charge in [0.2, 0.25) is 5.91 Å². The van der Waals surface area contributed by atoms with Gasteiger partial charge in [0, 0.05) is 19.0 Å². The van der Waals surface area contributed by atoms with Crippen molar-refractivity contribution in [3.8, 4) is 0 Å². The molecular formula is C14H28N2O. The van der Waals surface area contributed by atoms with Crippen molar-refractivity contribution in [1.29, 1.82) is 0 Å². The minimum Gasteiger partial charge on any atom is -0.356 e. The van der Waals surface area contributed by atoms with Gasteiger partial charge >= 0.3 is 0 Å². The number of rotatable bonds is 8. The van der Waals surface area contributed by atoms with Gasteiger partial charge in [0.1, 0.15) is 0 Å². The maximum Gasteiger partial charge on any atom is 0.224 e. The number of amides is 1. The Kier molecular flexibility index (Phi) is 7.25. The third-order valence-corrected chi connectivity index (χ3v) is 3.71. The highest BCUT2D eigenvalue weighted by molar-refractivity contribution is 5.78. The third kappa shape index (κ3) is 6.06. The standard InChI is InChI=1S/C14H28N2O/c1-3-15-11-12(2)14(17)16-10-6-9-13-7-4-5-8-13/h12-13,15H,3-11H2,1-2H3,(H,16,17). The molecule has 100 valence electrons. The highest BCUT2D eigenvalue weighted by Crippen LogP contribution is 2.28. The van der Waals surface area contributed by atoms with Crippen LogP contribution in [0.2, 0.25) is 0 Å². The van der Waals surface area contributed by atoms with Crippen LogP contribution in [0.25, 0.3) is 0 Å². The summed E-state index contributed by atoms with van der Waals surface area (Å²) in [5.74, 6) is 1.21. The summed E-state index contributed by atoms with van der Waals surface area (Å²) in [7, 11) is 0. The summed E-state index contributed by atoms with van der Waals surface area (Å²) < 4.78 is 0. The molecule has 2 N–H and O–H groups in total. The van der Waals surface area contributed by atoms with Gasteiger partial charge in [0.15, 0.2) is 0 Å². The highest BCUT2D eigenvalue weighted by Gasteiger charge is 2.15. The summed E-state index contributed by atoms with van der Waals surface area (Å²) >= 11 is 0. The smallest absolute Gasteiger partial charge is 0.224 e. The minimum absolute atomic E-state index is 0.0847. The van der Waals surface area contributed by atoms with E-state index in [-0.39, 0.29) is 11.8 Å². The van der Waals surface area contributed by atoms with Crippen molar-refractivity contribution in [1.82, 2.24) is 10.6 Å². The van der Waals surface area contributed by atoms with Gasteiger partial charge < -0.3 is 10.6 Å². The fraction of sp³-hybridized carbons (Fsp3) is 0.929. The molecule has 1 unspecified atom stereocenters. The van der Waals surface area contributed by atoms with Crippen LogP contribution in [0.1, 0.15) is 52.4 Å². The number of hydrogen-bond donors (Lipinski definition) is 2. The van der Waals surface area contributed by atoms with Gasteiger partial charge in [-0.3, -0.25) is 4.79 Å². The Bertz CT molecular complexity index is 212. The van der Waals surface area contributed by atoms with Crippen LogP contribution >= 0.6 is 0 Å². The summed E-state index contributed by atoms with van der Waals surface area (Å²) in [6.07, 6.45) is 8.08. The summed E-state index contributed by atoms with van der Waals surface area (Å²) in [5, 5.41) is 6.24. The quantitative estimate of drug-likeness (QED) is 0.639. The molecule has 1 saturated carbocycles. The van der Waals surface area contributed by atoms with E-state index >= 15 is 0 Å². The minimum atomic E-state index is 0.0847. The molecule has 0 spiro atoms. The predicted molar refractivity (Wildman–Crippen MR) is 71.9 cm³/mol. The van der Waals surface area contributed by atoms with Crippen molar-refractivity contribution in [2.75, 3.05) is 19.6 Å². The van der Waals surface area contributed by atoms with Gasteiger partial charge in [-0.05, 0) is 25.3 Å². The second-order valence-corrected chi connectivity index (χ2v) is 5.29. The van der Waals surface area contributed by atoms with Crippen molar-refractivity contribution in [2.24, 2.45) is 11.8 Å². The second-order valence-electron chi connectivity index (χ2n) is 5.29. The highest BCUT2D eigenvalue weighted by atomic mass is 16.1. The molecule has 0 heterocycles. The molecule has 1 aliphatic carbocycles. The lowest BCUT2D eigenvalue weighted by Gasteiger charge is -2.13. The number of hydrogen-bond acceptors (Lipinski definition) is 2. The zero-order valence-electron chi connectivity index (χ0n) is 11.4. The van der Waals surface area contributed by atoms with Crippen molar-refractivity contribution >= 4 is 5.91 Å². The summed E-state index contributed by atoms with van der Waals surface area (Å²) in [5.41, 5.74) is 0. The first-order valence-corrected chi connectivity index (χ1v) is 7.22. The molecule has 1 atom stereocenters. The fourth-order valence-corrected chi connectivity index (χ4v) is 2.53. The van der Waals surface area contributed by atoms with E-state index < -0.39 is 0 Å². The van der Waals surface area contributed by atoms with Gasteiger partial charge in [0.25, 0.3) is 0 Å². The molecule has 17 heavy (non-hydrogen) atoms. The largest absolute Gasteiger partial charge is 0.356 e. The summed E-state index contributed by atoms with van der Waals surface area (Å²) in [4.78, 5) is 11.7. The van der Waals surface area contributed by atoms with E-state index in [0.29, 0.717) is 0 Å². The molecule has 1 amide bonds. The van der Waals surface area contributed by atoms with E-state index in [4.69, 9.17) is 0 Å². The Morgan fingerprint density at radius 3 is 2.71 bits per heavy atom. The molecule has 0 aromatic heterocycles. The Morgan fingerprint density at radius 1 is 1.35 bits per heavy atom. The Balaban J connectivity index is 1.98. The number of carbonyl (C=O) groups is 1. The third-order valence-electron chi connectivity index (χ3n) is 3.71. The molecule has 0 aromatic carbocycles. The lowest BCUT2D eigenvalue weighted by Crippen LogP contribution is -2.35. The molecule has 0 bridgehead atoms. The monoisotopic (exact) mass is 240 g/mol. The average Bonchev–Trinajstić information content (AvgIpc) is 2.84. The maximum atomic E-state index is 11.7. The lowest BCUT2D eigenvalue weighted by atomic mass is 10.0. The van der Waals surface area contributed by atoms with Crippen molar-refractivity contribution < 1.29 is 4.79 Å². The molecular weight excluding hydrogens is 212 g/mol. The molecule has 0 aliphatic heterocycles. The average molecular weight is 240 g/mol. The lowest BCUT2D eigenvalue weighted by molar-refractivity contribution is -0.124. The molecule has 0 aromatic rings. The van der Waals surface area contributed by atoms with Gasteiger partial charge in [-0.1, -0.05) is 39.5 Å². The van der Waals surface area contributed by atoms with Crippen LogP contribution < -0.4 is 10.6 Å². The summed E-state index contributed by atoms with van der Waals surface area (Å²) in [6.45, 7) is 6.61. The van der Waals surface area contributed by atoms with E-state index in [9.17, 15) is 4.79 Å². The molecule has 1 rings (SSSR count). The van der Waals surface area contributed by atoms with E-state index in [0.717, 1.165) is 32.0 Å². The van der Waals surface area contributed by atoms with E-state index in [2.05, 4.69) is 17.6 Å². The van der Waals surface area contributed by atoms with Crippen LogP contribution in [0.5, 0.6) is 0 Å². The number of carbonyl (C=O) groups excluding carboxylic acids is 1. The predicted octanol–water partition coefficient (Wildman–Crippen LogP) is 2.32. The molecule has 0 saturated heterocycles. The Morgan fingerprint density at radius 2 is 2.06 bits per heavy atom. The van der Waals surface area contributed by atoms with Gasteiger partial charge in [-0.2, -0.15) is 0 Å². The van der Waals surface area contributed by atoms with Gasteiger partial charge in [-0.25, -0.2) is 0 Å². The molecule has 3 heteroatoms. The molecule has 3 nitrogen and oxygen atoms in total. The Labute approximate surface area is 106 Å². The van der Waals surface area contributed by atoms with Crippen molar-refractivity contribution in [2.45, 2.75) is 52.4 Å². The second kappa shape index (κ2) is 8.51. The molecule has 1 aliphatic rings. The first kappa shape index (κ1) is 14.5. The van der Waals surface area contributed by atoms with Crippen LogP contribution in [0.4, 0.5) is 0 Å². The number of nitrogens with one attached hydrogen (secondary N) is 2. The van der Waals surface area contributed by atoms with Crippen LogP contribution in [0.3, 0.4) is 0 Å². The van der Waals surface area contributed by atoms with Crippen molar-refractivity contribution in [3.63, 3.8) is 0 Å². The molecule has 0 radical (unpaired) electrons. The topological polar surface area (TPSA) is 41.1 Å². The fourth-order valence-electron chi connectivity index (χ4n) is 2.53. The maximum absolute atomic E-state index is 11.7. The van der Waals surface area contributed by atoms with Crippen molar-refractivity contribution in [3.05, 3.63) is 0 Å². The SMILES string of the molecule is CCNCC(C)C(=O)NCCCC1CCCC1. The van der Waals surface area contributed by atoms with Crippen LogP contribution in [0.15, 0.2) is 0 Å². The van der Waals surface area contributed by atoms with E-state index in [1.165, 1.54) is 32.1 Å². The molecule has 1 fully saturated rings. The first-order chi connectivity index (χ1) is 8.24. The zero-order chi connectivity index (χ0) is 12.5. The normalized spacial score (nSPS) is 18.2. The van der Waals surface area contributed by atoms with E-state index in [1.807, 2.05) is 6.92 Å². The van der Waals surface area contributed by atoms with Gasteiger partial charge in [-0.15, -0.1) is 0 Å². The zero-order valence-corrected chi connectivity index (χ0v) is 11.4. The summed E-state index contributed by atoms with van der Waals surface area (Å²) in [6, 6.07) is 0. The Hall–Kier alpha value is -0.570. The van der Waals surface area contributed by atoms with E-state index in [1.54, 1.807) is 0 Å².